The van der Waals surface area contributed by atoms with Crippen molar-refractivity contribution >= 4 is 5.97 Å². The summed E-state index contributed by atoms with van der Waals surface area (Å²) >= 11 is 0. The molecule has 1 saturated carbocycles. The highest BCUT2D eigenvalue weighted by atomic mass is 16.4. The van der Waals surface area contributed by atoms with E-state index in [1.807, 2.05) is 0 Å². The zero-order chi connectivity index (χ0) is 14.1. The molecule has 0 bridgehead atoms. The number of nitrogens with two attached hydrogens (primary N) is 1. The van der Waals surface area contributed by atoms with E-state index in [-0.39, 0.29) is 5.56 Å². The van der Waals surface area contributed by atoms with Gasteiger partial charge in [-0.1, -0.05) is 11.6 Å². The molecular formula is C14H16N4O2. The van der Waals surface area contributed by atoms with Gasteiger partial charge < -0.3 is 10.8 Å². The lowest BCUT2D eigenvalue weighted by atomic mass is 9.82. The van der Waals surface area contributed by atoms with Crippen LogP contribution in [-0.4, -0.2) is 26.1 Å². The molecular weight excluding hydrogens is 256 g/mol. The monoisotopic (exact) mass is 272 g/mol. The van der Waals surface area contributed by atoms with E-state index in [2.05, 4.69) is 10.3 Å². The van der Waals surface area contributed by atoms with E-state index >= 15 is 0 Å². The minimum absolute atomic E-state index is 0.262. The summed E-state index contributed by atoms with van der Waals surface area (Å²) in [6, 6.07) is 6.65. The molecule has 1 heterocycles. The van der Waals surface area contributed by atoms with E-state index in [9.17, 15) is 4.79 Å². The smallest absolute Gasteiger partial charge is 0.335 e. The molecule has 1 aliphatic rings. The average Bonchev–Trinajstić information content (AvgIpc) is 2.80. The van der Waals surface area contributed by atoms with Gasteiger partial charge in [0.2, 0.25) is 0 Å². The highest BCUT2D eigenvalue weighted by Crippen LogP contribution is 2.38. The van der Waals surface area contributed by atoms with Crippen LogP contribution in [0.3, 0.4) is 0 Å². The number of carboxylic acid groups (broad SMARTS) is 1. The number of rotatable bonds is 4. The molecule has 1 aliphatic carbocycles. The molecule has 0 unspecified atom stereocenters. The maximum atomic E-state index is 10.9. The van der Waals surface area contributed by atoms with Crippen LogP contribution in [0.1, 0.15) is 46.9 Å². The first-order valence-corrected chi connectivity index (χ1v) is 6.69. The molecule has 6 heteroatoms. The summed E-state index contributed by atoms with van der Waals surface area (Å²) < 4.78 is 1.79. The van der Waals surface area contributed by atoms with Gasteiger partial charge in [0, 0.05) is 12.5 Å². The van der Waals surface area contributed by atoms with Crippen LogP contribution in [0.5, 0.6) is 0 Å². The Morgan fingerprint density at radius 3 is 2.55 bits per heavy atom. The van der Waals surface area contributed by atoms with Crippen molar-refractivity contribution in [1.29, 1.82) is 0 Å². The van der Waals surface area contributed by atoms with Crippen molar-refractivity contribution in [3.8, 4) is 5.69 Å². The highest BCUT2D eigenvalue weighted by molar-refractivity contribution is 5.87. The van der Waals surface area contributed by atoms with Crippen LogP contribution in [0.25, 0.3) is 5.69 Å². The first-order chi connectivity index (χ1) is 9.70. The van der Waals surface area contributed by atoms with Gasteiger partial charge in [-0.2, -0.15) is 0 Å². The second-order valence-electron chi connectivity index (χ2n) is 5.02. The average molecular weight is 272 g/mol. The van der Waals surface area contributed by atoms with Crippen molar-refractivity contribution in [3.63, 3.8) is 0 Å². The summed E-state index contributed by atoms with van der Waals surface area (Å²) in [5.41, 5.74) is 8.72. The largest absolute Gasteiger partial charge is 0.478 e. The summed E-state index contributed by atoms with van der Waals surface area (Å²) in [5.74, 6) is -0.472. The number of aromatic nitrogens is 3. The van der Waals surface area contributed by atoms with Crippen LogP contribution < -0.4 is 5.73 Å². The molecule has 1 aromatic heterocycles. The molecule has 0 spiro atoms. The predicted molar refractivity (Wildman–Crippen MR) is 72.8 cm³/mol. The Balaban J connectivity index is 2.00. The van der Waals surface area contributed by atoms with E-state index < -0.39 is 5.97 Å². The van der Waals surface area contributed by atoms with E-state index in [1.54, 1.807) is 28.9 Å². The van der Waals surface area contributed by atoms with Gasteiger partial charge in [0.05, 0.1) is 16.9 Å². The second-order valence-corrected chi connectivity index (χ2v) is 5.02. The molecule has 3 rings (SSSR count). The SMILES string of the molecule is NCc1nnn(-c2ccc(C(=O)O)cc2)c1C1CCC1. The van der Waals surface area contributed by atoms with E-state index in [1.165, 1.54) is 6.42 Å². The molecule has 2 aromatic rings. The van der Waals surface area contributed by atoms with E-state index in [0.29, 0.717) is 12.5 Å². The van der Waals surface area contributed by atoms with Crippen LogP contribution in [0, 0.1) is 0 Å². The molecule has 0 aliphatic heterocycles. The second kappa shape index (κ2) is 5.05. The van der Waals surface area contributed by atoms with Gasteiger partial charge in [0.15, 0.2) is 0 Å². The van der Waals surface area contributed by atoms with Crippen LogP contribution in [0.15, 0.2) is 24.3 Å². The Kier molecular flexibility index (Phi) is 3.23. The van der Waals surface area contributed by atoms with Gasteiger partial charge >= 0.3 is 5.97 Å². The van der Waals surface area contributed by atoms with Crippen molar-refractivity contribution in [3.05, 3.63) is 41.2 Å². The predicted octanol–water partition coefficient (Wildman–Crippen LogP) is 1.69. The maximum Gasteiger partial charge on any atom is 0.335 e. The third kappa shape index (κ3) is 2.08. The van der Waals surface area contributed by atoms with Crippen LogP contribution in [0.4, 0.5) is 0 Å². The summed E-state index contributed by atoms with van der Waals surface area (Å²) in [4.78, 5) is 10.9. The lowest BCUT2D eigenvalue weighted by Crippen LogP contribution is -2.17. The summed E-state index contributed by atoms with van der Waals surface area (Å²) in [5, 5.41) is 17.2. The van der Waals surface area contributed by atoms with Crippen molar-refractivity contribution in [2.45, 2.75) is 31.7 Å². The molecule has 104 valence electrons. The van der Waals surface area contributed by atoms with Gasteiger partial charge in [-0.15, -0.1) is 5.10 Å². The first kappa shape index (κ1) is 12.8. The van der Waals surface area contributed by atoms with Gasteiger partial charge in [-0.05, 0) is 37.1 Å². The number of aromatic carboxylic acids is 1. The van der Waals surface area contributed by atoms with Crippen molar-refractivity contribution in [1.82, 2.24) is 15.0 Å². The summed E-state index contributed by atoms with van der Waals surface area (Å²) in [6.07, 6.45) is 3.49. The first-order valence-electron chi connectivity index (χ1n) is 6.69. The highest BCUT2D eigenvalue weighted by Gasteiger charge is 2.27. The molecule has 0 saturated heterocycles. The van der Waals surface area contributed by atoms with Crippen molar-refractivity contribution in [2.24, 2.45) is 5.73 Å². The van der Waals surface area contributed by atoms with Gasteiger partial charge in [-0.3, -0.25) is 0 Å². The Morgan fingerprint density at radius 1 is 1.35 bits per heavy atom. The van der Waals surface area contributed by atoms with Gasteiger partial charge in [0.1, 0.15) is 5.69 Å². The molecule has 1 fully saturated rings. The molecule has 0 amide bonds. The number of nitrogens with zero attached hydrogens (tertiary/aromatic N) is 3. The van der Waals surface area contributed by atoms with E-state index in [0.717, 1.165) is 29.9 Å². The number of carboxylic acids is 1. The van der Waals surface area contributed by atoms with Crippen LogP contribution in [-0.2, 0) is 6.54 Å². The zero-order valence-corrected chi connectivity index (χ0v) is 11.0. The molecule has 0 atom stereocenters. The lowest BCUT2D eigenvalue weighted by Gasteiger charge is -2.26. The quantitative estimate of drug-likeness (QED) is 0.883. The number of hydrogen-bond acceptors (Lipinski definition) is 4. The van der Waals surface area contributed by atoms with Gasteiger partial charge in [-0.25, -0.2) is 9.48 Å². The lowest BCUT2D eigenvalue weighted by molar-refractivity contribution is 0.0697. The standard InChI is InChI=1S/C14H16N4O2/c15-8-12-13(9-2-1-3-9)18(17-16-12)11-6-4-10(5-7-11)14(19)20/h4-7,9H,1-3,8,15H2,(H,19,20). The summed E-state index contributed by atoms with van der Waals surface area (Å²) in [7, 11) is 0. The third-order valence-corrected chi connectivity index (χ3v) is 3.82. The molecule has 6 nitrogen and oxygen atoms in total. The van der Waals surface area contributed by atoms with Crippen LogP contribution in [0.2, 0.25) is 0 Å². The molecule has 20 heavy (non-hydrogen) atoms. The van der Waals surface area contributed by atoms with Crippen LogP contribution >= 0.6 is 0 Å². The van der Waals surface area contributed by atoms with Gasteiger partial charge in [0.25, 0.3) is 0 Å². The van der Waals surface area contributed by atoms with Crippen molar-refractivity contribution in [2.75, 3.05) is 0 Å². The third-order valence-electron chi connectivity index (χ3n) is 3.82. The molecule has 1 aromatic carbocycles. The molecule has 0 radical (unpaired) electrons. The zero-order valence-electron chi connectivity index (χ0n) is 11.0. The minimum Gasteiger partial charge on any atom is -0.478 e. The Labute approximate surface area is 116 Å². The molecule has 3 N–H and O–H groups in total. The minimum atomic E-state index is -0.933. The fraction of sp³-hybridized carbons (Fsp3) is 0.357. The van der Waals surface area contributed by atoms with Crippen molar-refractivity contribution < 1.29 is 9.90 Å². The normalized spacial score (nSPS) is 15.1. The number of carbonyl (C=O) groups is 1. The fourth-order valence-corrected chi connectivity index (χ4v) is 2.49. The Morgan fingerprint density at radius 2 is 2.05 bits per heavy atom. The Hall–Kier alpha value is -2.21. The topological polar surface area (TPSA) is 94.0 Å². The van der Waals surface area contributed by atoms with E-state index in [4.69, 9.17) is 10.8 Å². The number of benzene rings is 1. The number of hydrogen-bond donors (Lipinski definition) is 2. The fourth-order valence-electron chi connectivity index (χ4n) is 2.49. The summed E-state index contributed by atoms with van der Waals surface area (Å²) in [6.45, 7) is 0.374. The maximum absolute atomic E-state index is 10.9. The Bertz CT molecular complexity index is 629.